The average Bonchev–Trinajstić information content (AvgIpc) is 2.62. The molecule has 3 N–H and O–H groups in total. The number of nitrogens with zero attached hydrogens (tertiary/aromatic N) is 1. The van der Waals surface area contributed by atoms with Crippen LogP contribution in [-0.2, 0) is 48.2 Å². The van der Waals surface area contributed by atoms with Crippen LogP contribution in [0.15, 0.2) is 11.3 Å². The maximum absolute atomic E-state index is 12.4. The van der Waals surface area contributed by atoms with Gasteiger partial charge in [0, 0.05) is 30.7 Å². The number of thioether (sulfide) groups is 1. The van der Waals surface area contributed by atoms with Gasteiger partial charge in [-0.1, -0.05) is 0 Å². The number of aliphatic carboxylic acids is 2. The number of carbonyl (C=O) groups is 5. The number of ether oxygens (including phenoxy) is 1. The van der Waals surface area contributed by atoms with Crippen LogP contribution < -0.4 is 21.3 Å². The Morgan fingerprint density at radius 2 is 2.00 bits per heavy atom. The molecule has 0 saturated carbocycles. The maximum Gasteiger partial charge on any atom is 2.00 e. The molecule has 0 spiro atoms. The van der Waals surface area contributed by atoms with Crippen molar-refractivity contribution in [2.75, 3.05) is 12.4 Å². The average molecular weight is 479 g/mol. The van der Waals surface area contributed by atoms with E-state index >= 15 is 0 Å². The van der Waals surface area contributed by atoms with E-state index in [0.29, 0.717) is 0 Å². The molecular formula is C16H19N3O8SZn. The molecule has 13 heteroatoms. The van der Waals surface area contributed by atoms with Crippen LogP contribution >= 0.6 is 11.8 Å². The number of β-lactam (4-membered cyclic amide) rings is 1. The number of hydrogen-bond acceptors (Lipinski definition) is 10. The molecule has 0 bridgehead atoms. The molecule has 1 fully saturated rings. The third-order valence-corrected chi connectivity index (χ3v) is 5.57. The molecule has 0 aromatic rings. The van der Waals surface area contributed by atoms with Crippen molar-refractivity contribution in [2.24, 2.45) is 5.73 Å². The monoisotopic (exact) mass is 477 g/mol. The first-order valence-corrected chi connectivity index (χ1v) is 9.45. The Bertz CT molecular complexity index is 744. The summed E-state index contributed by atoms with van der Waals surface area (Å²) in [4.78, 5) is 58.3. The largest absolute Gasteiger partial charge is 2.00 e. The van der Waals surface area contributed by atoms with Crippen molar-refractivity contribution in [1.29, 1.82) is 0 Å². The fourth-order valence-electron chi connectivity index (χ4n) is 2.82. The Balaban J connectivity index is 0.00000420. The van der Waals surface area contributed by atoms with E-state index in [1.165, 1.54) is 18.7 Å². The minimum absolute atomic E-state index is 0. The van der Waals surface area contributed by atoms with Gasteiger partial charge in [0.2, 0.25) is 5.91 Å². The van der Waals surface area contributed by atoms with E-state index in [9.17, 15) is 34.2 Å². The van der Waals surface area contributed by atoms with Crippen LogP contribution in [0.25, 0.3) is 0 Å². The fourth-order valence-corrected chi connectivity index (χ4v) is 4.14. The Morgan fingerprint density at radius 3 is 2.55 bits per heavy atom. The minimum atomic E-state index is -1.57. The second-order valence-electron chi connectivity index (χ2n) is 6.29. The first-order valence-electron chi connectivity index (χ1n) is 8.40. The number of carboxylic acid groups (broad SMARTS) is 2. The smallest absolute Gasteiger partial charge is 0.548 e. The summed E-state index contributed by atoms with van der Waals surface area (Å²) in [5.41, 5.74) is 5.19. The number of carboxylic acids is 2. The summed E-state index contributed by atoms with van der Waals surface area (Å²) in [6.45, 7) is 0.913. The molecule has 0 radical (unpaired) electrons. The molecule has 2 rings (SSSR count). The first-order chi connectivity index (χ1) is 13.1. The molecule has 3 atom stereocenters. The SMILES string of the molecule is CC(=O)OCC1=C(C(=O)[O-])N2C(=O)[C@@H](NC(=O)CCC[C@@H](N)C(=O)[O-])[C@H]2SC1.[Zn+2]. The normalized spacial score (nSPS) is 21.3. The number of carbonyl (C=O) groups excluding carboxylic acids is 5. The molecule has 2 aliphatic rings. The Morgan fingerprint density at radius 1 is 1.34 bits per heavy atom. The van der Waals surface area contributed by atoms with Gasteiger partial charge in [-0.05, 0) is 12.8 Å². The van der Waals surface area contributed by atoms with E-state index in [0.717, 1.165) is 4.90 Å². The summed E-state index contributed by atoms with van der Waals surface area (Å²) in [5, 5.41) is 23.9. The summed E-state index contributed by atoms with van der Waals surface area (Å²) in [7, 11) is 0. The number of hydrogen-bond donors (Lipinski definition) is 2. The number of fused-ring (bicyclic) bond motifs is 1. The van der Waals surface area contributed by atoms with Gasteiger partial charge in [-0.3, -0.25) is 19.3 Å². The van der Waals surface area contributed by atoms with Crippen molar-refractivity contribution in [1.82, 2.24) is 10.2 Å². The Kier molecular flexibility index (Phi) is 9.25. The van der Waals surface area contributed by atoms with Crippen LogP contribution in [0.1, 0.15) is 26.2 Å². The molecule has 29 heavy (non-hydrogen) atoms. The van der Waals surface area contributed by atoms with E-state index in [1.54, 1.807) is 0 Å². The molecule has 0 aliphatic carbocycles. The van der Waals surface area contributed by atoms with Crippen molar-refractivity contribution in [3.8, 4) is 0 Å². The van der Waals surface area contributed by atoms with Crippen LogP contribution in [0.3, 0.4) is 0 Å². The van der Waals surface area contributed by atoms with Gasteiger partial charge >= 0.3 is 25.4 Å². The van der Waals surface area contributed by atoms with Crippen LogP contribution in [0.5, 0.6) is 0 Å². The van der Waals surface area contributed by atoms with Gasteiger partial charge in [-0.2, -0.15) is 0 Å². The molecule has 0 aromatic heterocycles. The summed E-state index contributed by atoms with van der Waals surface area (Å²) < 4.78 is 4.81. The van der Waals surface area contributed by atoms with Crippen LogP contribution in [0.2, 0.25) is 0 Å². The summed E-state index contributed by atoms with van der Waals surface area (Å²) in [5.74, 6) is -4.46. The van der Waals surface area contributed by atoms with Gasteiger partial charge in [0.05, 0.1) is 17.6 Å². The number of esters is 1. The van der Waals surface area contributed by atoms with Crippen molar-refractivity contribution >= 4 is 41.5 Å². The molecule has 11 nitrogen and oxygen atoms in total. The third kappa shape index (κ3) is 6.00. The zero-order valence-corrected chi connectivity index (χ0v) is 19.5. The number of rotatable bonds is 9. The predicted octanol–water partition coefficient (Wildman–Crippen LogP) is -3.80. The summed E-state index contributed by atoms with van der Waals surface area (Å²) in [6.07, 6.45) is 0.207. The molecule has 1 saturated heterocycles. The van der Waals surface area contributed by atoms with E-state index in [-0.39, 0.29) is 62.4 Å². The van der Waals surface area contributed by atoms with Crippen molar-refractivity contribution in [2.45, 2.75) is 43.6 Å². The van der Waals surface area contributed by atoms with E-state index < -0.39 is 47.2 Å². The predicted molar refractivity (Wildman–Crippen MR) is 90.5 cm³/mol. The molecule has 154 valence electrons. The zero-order chi connectivity index (χ0) is 21.0. The van der Waals surface area contributed by atoms with Gasteiger partial charge in [-0.25, -0.2) is 0 Å². The second kappa shape index (κ2) is 10.7. The Hall–Kier alpha value is -1.98. The van der Waals surface area contributed by atoms with Crippen LogP contribution in [0.4, 0.5) is 0 Å². The van der Waals surface area contributed by atoms with E-state index in [1.807, 2.05) is 0 Å². The van der Waals surface area contributed by atoms with E-state index in [2.05, 4.69) is 5.32 Å². The molecule has 2 heterocycles. The fraction of sp³-hybridized carbons (Fsp3) is 0.562. The second-order valence-corrected chi connectivity index (χ2v) is 7.40. The van der Waals surface area contributed by atoms with Crippen LogP contribution in [-0.4, -0.2) is 64.4 Å². The van der Waals surface area contributed by atoms with E-state index in [4.69, 9.17) is 10.5 Å². The number of nitrogens with one attached hydrogen (secondary N) is 1. The number of nitrogens with two attached hydrogens (primary N) is 1. The summed E-state index contributed by atoms with van der Waals surface area (Å²) in [6, 6.07) is -2.08. The molecule has 0 unspecified atom stereocenters. The molecule has 2 amide bonds. The maximum atomic E-state index is 12.4. The first kappa shape index (κ1) is 25.1. The van der Waals surface area contributed by atoms with Crippen molar-refractivity contribution in [3.05, 3.63) is 11.3 Å². The van der Waals surface area contributed by atoms with Crippen LogP contribution in [0, 0.1) is 0 Å². The van der Waals surface area contributed by atoms with Crippen molar-refractivity contribution < 1.29 is 58.4 Å². The Labute approximate surface area is 183 Å². The van der Waals surface area contributed by atoms with Gasteiger partial charge in [0.15, 0.2) is 0 Å². The number of amides is 2. The quantitative estimate of drug-likeness (QED) is 0.189. The zero-order valence-electron chi connectivity index (χ0n) is 15.7. The third-order valence-electron chi connectivity index (χ3n) is 4.23. The summed E-state index contributed by atoms with van der Waals surface area (Å²) >= 11 is 1.22. The van der Waals surface area contributed by atoms with Crippen molar-refractivity contribution in [3.63, 3.8) is 0 Å². The molecular weight excluding hydrogens is 460 g/mol. The standard InChI is InChI=1S/C16H21N3O8S.Zn/c1-7(20)27-5-8-6-28-14-11(13(22)19(14)12(8)16(25)26)18-10(21)4-2-3-9(17)15(23)24;/h9,11,14H,2-6,17H2,1H3,(H,18,21)(H,23,24)(H,25,26);/q;+2/p-2/t9-,11-,14-;/m1./s1. The minimum Gasteiger partial charge on any atom is -0.548 e. The van der Waals surface area contributed by atoms with Gasteiger partial charge < -0.3 is 35.6 Å². The topological polar surface area (TPSA) is 182 Å². The molecule has 2 aliphatic heterocycles. The molecule has 0 aromatic carbocycles. The van der Waals surface area contributed by atoms with Gasteiger partial charge in [0.25, 0.3) is 5.91 Å². The van der Waals surface area contributed by atoms with Gasteiger partial charge in [0.1, 0.15) is 18.0 Å². The van der Waals surface area contributed by atoms with Gasteiger partial charge in [-0.15, -0.1) is 11.8 Å².